The Kier molecular flexibility index (Phi) is 4.36. The number of hydrogen-bond donors (Lipinski definition) is 1. The predicted molar refractivity (Wildman–Crippen MR) is 99.9 cm³/mol. The maximum atomic E-state index is 10.8. The summed E-state index contributed by atoms with van der Waals surface area (Å²) >= 11 is 0. The molecule has 0 amide bonds. The Morgan fingerprint density at radius 1 is 0.923 bits per heavy atom. The summed E-state index contributed by atoms with van der Waals surface area (Å²) in [5, 5.41) is 10.8. The van der Waals surface area contributed by atoms with Crippen LogP contribution in [-0.4, -0.2) is 62.9 Å². The van der Waals surface area contributed by atoms with Crippen molar-refractivity contribution in [3.8, 4) is 0 Å². The van der Waals surface area contributed by atoms with Gasteiger partial charge in [-0.25, -0.2) is 0 Å². The third-order valence-electron chi connectivity index (χ3n) is 6.06. The van der Waals surface area contributed by atoms with Gasteiger partial charge in [0.05, 0.1) is 37.6 Å². The van der Waals surface area contributed by atoms with Gasteiger partial charge in [-0.2, -0.15) is 0 Å². The topological polar surface area (TPSA) is 60.4 Å². The van der Waals surface area contributed by atoms with E-state index < -0.39 is 23.9 Å². The Morgan fingerprint density at radius 3 is 2.08 bits per heavy atom. The molecule has 1 aromatic carbocycles. The Labute approximate surface area is 155 Å². The highest BCUT2D eigenvalue weighted by Gasteiger charge is 2.52. The molecule has 0 atom stereocenters. The van der Waals surface area contributed by atoms with Gasteiger partial charge in [0.25, 0.3) is 0 Å². The Morgan fingerprint density at radius 2 is 1.54 bits per heavy atom. The molecule has 142 valence electrons. The van der Waals surface area contributed by atoms with Crippen molar-refractivity contribution in [2.24, 2.45) is 0 Å². The van der Waals surface area contributed by atoms with Crippen LogP contribution in [0.25, 0.3) is 0 Å². The van der Waals surface area contributed by atoms with E-state index in [-0.39, 0.29) is 0 Å². The van der Waals surface area contributed by atoms with Gasteiger partial charge in [0.1, 0.15) is 5.60 Å². The van der Waals surface area contributed by atoms with Crippen LogP contribution in [0.15, 0.2) is 18.2 Å². The summed E-state index contributed by atoms with van der Waals surface area (Å²) in [6.07, 6.45) is 0. The lowest BCUT2D eigenvalue weighted by molar-refractivity contribution is -0.184. The lowest BCUT2D eigenvalue weighted by Gasteiger charge is -2.38. The molecule has 0 saturated carbocycles. The maximum Gasteiger partial charge on any atom is 0.494 e. The minimum atomic E-state index is -0.930. The zero-order valence-corrected chi connectivity index (χ0v) is 16.1. The van der Waals surface area contributed by atoms with Gasteiger partial charge in [-0.05, 0) is 50.9 Å². The molecule has 1 aromatic rings. The van der Waals surface area contributed by atoms with Crippen LogP contribution in [0, 0.1) is 0 Å². The van der Waals surface area contributed by atoms with E-state index in [1.807, 2.05) is 33.8 Å². The SMILES string of the molecule is CC1(C)OB(c2cc(N3CCOCC3)cc(C3(O)COC3)c2)OC1(C)C. The van der Waals surface area contributed by atoms with Gasteiger partial charge in [-0.1, -0.05) is 6.07 Å². The maximum absolute atomic E-state index is 10.8. The Balaban J connectivity index is 1.70. The van der Waals surface area contributed by atoms with E-state index in [1.165, 1.54) is 0 Å². The van der Waals surface area contributed by atoms with Crippen molar-refractivity contribution in [1.82, 2.24) is 0 Å². The number of ether oxygens (including phenoxy) is 2. The van der Waals surface area contributed by atoms with Crippen molar-refractivity contribution < 1.29 is 23.9 Å². The predicted octanol–water partition coefficient (Wildman–Crippen LogP) is 1.04. The molecule has 3 fully saturated rings. The second kappa shape index (κ2) is 6.21. The molecule has 0 radical (unpaired) electrons. The molecule has 0 unspecified atom stereocenters. The second-order valence-electron chi connectivity index (χ2n) is 8.53. The summed E-state index contributed by atoms with van der Waals surface area (Å²) in [6.45, 7) is 11.9. The summed E-state index contributed by atoms with van der Waals surface area (Å²) in [6, 6.07) is 6.16. The van der Waals surface area contributed by atoms with Crippen molar-refractivity contribution in [3.05, 3.63) is 23.8 Å². The first-order valence-corrected chi connectivity index (χ1v) is 9.34. The van der Waals surface area contributed by atoms with Crippen LogP contribution in [0.2, 0.25) is 0 Å². The van der Waals surface area contributed by atoms with E-state index in [0.29, 0.717) is 26.4 Å². The fourth-order valence-electron chi connectivity index (χ4n) is 3.48. The zero-order valence-electron chi connectivity index (χ0n) is 16.1. The third-order valence-corrected chi connectivity index (χ3v) is 6.06. The molecule has 26 heavy (non-hydrogen) atoms. The molecule has 6 nitrogen and oxygen atoms in total. The normalized spacial score (nSPS) is 26.7. The largest absolute Gasteiger partial charge is 0.494 e. The van der Waals surface area contributed by atoms with Gasteiger partial charge in [0, 0.05) is 18.8 Å². The average molecular weight is 361 g/mol. The summed E-state index contributed by atoms with van der Waals surface area (Å²) in [5.74, 6) is 0. The third kappa shape index (κ3) is 3.06. The molecule has 3 aliphatic heterocycles. The number of anilines is 1. The number of morpholine rings is 1. The molecule has 0 spiro atoms. The summed E-state index contributed by atoms with van der Waals surface area (Å²) < 4.78 is 23.2. The fourth-order valence-corrected chi connectivity index (χ4v) is 3.48. The molecule has 0 bridgehead atoms. The monoisotopic (exact) mass is 361 g/mol. The van der Waals surface area contributed by atoms with Crippen LogP contribution in [0.5, 0.6) is 0 Å². The average Bonchev–Trinajstić information content (AvgIpc) is 2.81. The van der Waals surface area contributed by atoms with Gasteiger partial charge < -0.3 is 28.8 Å². The van der Waals surface area contributed by atoms with Crippen LogP contribution in [0.1, 0.15) is 33.3 Å². The van der Waals surface area contributed by atoms with Crippen LogP contribution in [0.4, 0.5) is 5.69 Å². The number of rotatable bonds is 3. The van der Waals surface area contributed by atoms with Crippen molar-refractivity contribution >= 4 is 18.3 Å². The molecule has 3 aliphatic rings. The summed E-state index contributed by atoms with van der Waals surface area (Å²) in [5.41, 5.74) is 1.13. The molecule has 4 rings (SSSR count). The number of hydrogen-bond acceptors (Lipinski definition) is 6. The molecule has 7 heteroatoms. The zero-order chi connectivity index (χ0) is 18.6. The first-order chi connectivity index (χ1) is 12.2. The number of nitrogens with zero attached hydrogens (tertiary/aromatic N) is 1. The quantitative estimate of drug-likeness (QED) is 0.812. The number of aliphatic hydroxyl groups is 1. The molecule has 0 aliphatic carbocycles. The van der Waals surface area contributed by atoms with Crippen molar-refractivity contribution in [2.45, 2.75) is 44.5 Å². The molecular formula is C19H28BNO5. The highest BCUT2D eigenvalue weighted by Crippen LogP contribution is 2.37. The molecular weight excluding hydrogens is 333 g/mol. The summed E-state index contributed by atoms with van der Waals surface area (Å²) in [7, 11) is -0.454. The fraction of sp³-hybridized carbons (Fsp3) is 0.684. The Bertz CT molecular complexity index is 667. The van der Waals surface area contributed by atoms with E-state index in [2.05, 4.69) is 17.0 Å². The minimum absolute atomic E-state index is 0.322. The number of benzene rings is 1. The van der Waals surface area contributed by atoms with E-state index in [1.54, 1.807) is 0 Å². The molecule has 1 N–H and O–H groups in total. The highest BCUT2D eigenvalue weighted by atomic mass is 16.7. The standard InChI is InChI=1S/C19H28BNO5/c1-17(2)18(3,4)26-20(25-17)15-9-14(19(22)12-24-13-19)10-16(11-15)21-5-7-23-8-6-21/h9-11,22H,5-8,12-13H2,1-4H3. The van der Waals surface area contributed by atoms with Crippen LogP contribution in [0.3, 0.4) is 0 Å². The lowest BCUT2D eigenvalue weighted by atomic mass is 9.76. The van der Waals surface area contributed by atoms with Gasteiger partial charge >= 0.3 is 7.12 Å². The first-order valence-electron chi connectivity index (χ1n) is 9.34. The Hall–Kier alpha value is -1.12. The van der Waals surface area contributed by atoms with Crippen LogP contribution < -0.4 is 10.4 Å². The smallest absolute Gasteiger partial charge is 0.399 e. The highest BCUT2D eigenvalue weighted by molar-refractivity contribution is 6.62. The van der Waals surface area contributed by atoms with Gasteiger partial charge in [0.15, 0.2) is 0 Å². The molecule has 0 aromatic heterocycles. The van der Waals surface area contributed by atoms with E-state index in [0.717, 1.165) is 29.8 Å². The van der Waals surface area contributed by atoms with Gasteiger partial charge in [0.2, 0.25) is 0 Å². The van der Waals surface area contributed by atoms with Crippen LogP contribution in [-0.2, 0) is 24.4 Å². The van der Waals surface area contributed by atoms with E-state index in [9.17, 15) is 5.11 Å². The van der Waals surface area contributed by atoms with E-state index >= 15 is 0 Å². The second-order valence-corrected chi connectivity index (χ2v) is 8.53. The first kappa shape index (κ1) is 18.3. The van der Waals surface area contributed by atoms with Crippen molar-refractivity contribution in [3.63, 3.8) is 0 Å². The molecule has 3 heterocycles. The summed E-state index contributed by atoms with van der Waals surface area (Å²) in [4.78, 5) is 2.28. The lowest BCUT2D eigenvalue weighted by Crippen LogP contribution is -2.48. The minimum Gasteiger partial charge on any atom is -0.399 e. The van der Waals surface area contributed by atoms with Gasteiger partial charge in [-0.15, -0.1) is 0 Å². The van der Waals surface area contributed by atoms with Crippen molar-refractivity contribution in [1.29, 1.82) is 0 Å². The molecule has 3 saturated heterocycles. The van der Waals surface area contributed by atoms with Crippen LogP contribution >= 0.6 is 0 Å². The van der Waals surface area contributed by atoms with Crippen molar-refractivity contribution in [2.75, 3.05) is 44.4 Å². The van der Waals surface area contributed by atoms with E-state index in [4.69, 9.17) is 18.8 Å². The van der Waals surface area contributed by atoms with Gasteiger partial charge in [-0.3, -0.25) is 0 Å².